The first kappa shape index (κ1) is 17.1. The van der Waals surface area contributed by atoms with Crippen molar-refractivity contribution in [3.05, 3.63) is 60.0 Å². The van der Waals surface area contributed by atoms with Crippen LogP contribution in [0, 0.1) is 0 Å². The first-order valence-corrected chi connectivity index (χ1v) is 8.36. The predicted molar refractivity (Wildman–Crippen MR) is 96.2 cm³/mol. The largest absolute Gasteiger partial charge is 0.395 e. The van der Waals surface area contributed by atoms with E-state index in [0.717, 1.165) is 11.2 Å². The average molecular weight is 338 g/mol. The van der Waals surface area contributed by atoms with Gasteiger partial charge in [-0.1, -0.05) is 30.3 Å². The van der Waals surface area contributed by atoms with Crippen LogP contribution in [0.3, 0.4) is 0 Å². The van der Waals surface area contributed by atoms with Gasteiger partial charge in [-0.25, -0.2) is 9.97 Å². The van der Waals surface area contributed by atoms with Gasteiger partial charge in [-0.3, -0.25) is 4.79 Å². The lowest BCUT2D eigenvalue weighted by Crippen LogP contribution is -2.33. The van der Waals surface area contributed by atoms with E-state index in [0.29, 0.717) is 17.6 Å². The molecule has 1 aromatic carbocycles. The smallest absolute Gasteiger partial charge is 0.255 e. The third-order valence-corrected chi connectivity index (χ3v) is 4.09. The highest BCUT2D eigenvalue weighted by molar-refractivity contribution is 5.96. The van der Waals surface area contributed by atoms with E-state index < -0.39 is 0 Å². The molecule has 2 heterocycles. The van der Waals surface area contributed by atoms with E-state index in [1.165, 1.54) is 0 Å². The Morgan fingerprint density at radius 3 is 2.68 bits per heavy atom. The molecule has 25 heavy (non-hydrogen) atoms. The number of aliphatic hydroxyl groups excluding tert-OH is 1. The van der Waals surface area contributed by atoms with E-state index in [1.807, 2.05) is 34.9 Å². The molecule has 3 aromatic rings. The Hall–Kier alpha value is -2.73. The number of rotatable bonds is 6. The predicted octanol–water partition coefficient (Wildman–Crippen LogP) is 2.65. The summed E-state index contributed by atoms with van der Waals surface area (Å²) >= 11 is 0. The van der Waals surface area contributed by atoms with Crippen molar-refractivity contribution in [2.75, 3.05) is 13.2 Å². The van der Waals surface area contributed by atoms with Gasteiger partial charge in [0.1, 0.15) is 5.52 Å². The number of aliphatic hydroxyl groups is 1. The first-order valence-electron chi connectivity index (χ1n) is 8.36. The highest BCUT2D eigenvalue weighted by Crippen LogP contribution is 2.18. The summed E-state index contributed by atoms with van der Waals surface area (Å²) in [5.41, 5.74) is 2.96. The number of imidazole rings is 1. The summed E-state index contributed by atoms with van der Waals surface area (Å²) in [7, 11) is 0. The summed E-state index contributed by atoms with van der Waals surface area (Å²) < 4.78 is 1.97. The fourth-order valence-electron chi connectivity index (χ4n) is 2.77. The van der Waals surface area contributed by atoms with Crippen molar-refractivity contribution in [1.29, 1.82) is 0 Å². The Labute approximate surface area is 146 Å². The van der Waals surface area contributed by atoms with Gasteiger partial charge in [-0.15, -0.1) is 0 Å². The summed E-state index contributed by atoms with van der Waals surface area (Å²) in [4.78, 5) is 23.3. The number of amides is 1. The number of carbonyl (C=O) groups excluding carboxylic acids is 1. The van der Waals surface area contributed by atoms with E-state index in [9.17, 15) is 9.90 Å². The Kier molecular flexibility index (Phi) is 5.09. The zero-order valence-corrected chi connectivity index (χ0v) is 14.5. The molecule has 1 N–H and O–H groups in total. The lowest BCUT2D eigenvalue weighted by Gasteiger charge is -2.22. The van der Waals surface area contributed by atoms with Crippen LogP contribution in [0.5, 0.6) is 0 Å². The molecule has 0 saturated heterocycles. The molecule has 3 rings (SSSR count). The third-order valence-electron chi connectivity index (χ3n) is 4.09. The molecule has 0 aliphatic carbocycles. The quantitative estimate of drug-likeness (QED) is 0.750. The van der Waals surface area contributed by atoms with Gasteiger partial charge in [-0.05, 0) is 25.5 Å². The lowest BCUT2D eigenvalue weighted by molar-refractivity contribution is 0.0707. The Balaban J connectivity index is 1.87. The van der Waals surface area contributed by atoms with E-state index in [2.05, 4.69) is 23.8 Å². The monoisotopic (exact) mass is 338 g/mol. The molecule has 0 saturated carbocycles. The summed E-state index contributed by atoms with van der Waals surface area (Å²) in [5.74, 6) is -0.161. The minimum absolute atomic E-state index is 0.0871. The van der Waals surface area contributed by atoms with E-state index >= 15 is 0 Å². The molecule has 0 radical (unpaired) electrons. The Morgan fingerprint density at radius 2 is 2.00 bits per heavy atom. The van der Waals surface area contributed by atoms with Gasteiger partial charge >= 0.3 is 0 Å². The van der Waals surface area contributed by atoms with Gasteiger partial charge in [0.2, 0.25) is 0 Å². The second-order valence-electron chi connectivity index (χ2n) is 6.25. The maximum Gasteiger partial charge on any atom is 0.255 e. The van der Waals surface area contributed by atoms with Gasteiger partial charge in [0.05, 0.1) is 18.5 Å². The average Bonchev–Trinajstić information content (AvgIpc) is 3.05. The summed E-state index contributed by atoms with van der Waals surface area (Å²) in [6.45, 7) is 4.75. The van der Waals surface area contributed by atoms with Crippen molar-refractivity contribution < 1.29 is 9.90 Å². The lowest BCUT2D eigenvalue weighted by atomic mass is 10.2. The van der Waals surface area contributed by atoms with Gasteiger partial charge in [0.25, 0.3) is 5.91 Å². The molecule has 0 aliphatic rings. The van der Waals surface area contributed by atoms with Gasteiger partial charge in [0.15, 0.2) is 5.65 Å². The standard InChI is InChI=1S/C19H22N4O2/c1-14(2)23-13-21-17-10-16(11-20-18(17)23)19(25)22(8-9-24)12-15-6-4-3-5-7-15/h3-7,10-11,13-14,24H,8-9,12H2,1-2H3. The van der Waals surface area contributed by atoms with Crippen LogP contribution in [0.2, 0.25) is 0 Å². The molecular weight excluding hydrogens is 316 g/mol. The molecule has 0 fully saturated rings. The summed E-state index contributed by atoms with van der Waals surface area (Å²) in [5, 5.41) is 9.32. The van der Waals surface area contributed by atoms with Crippen LogP contribution in [0.4, 0.5) is 0 Å². The van der Waals surface area contributed by atoms with Gasteiger partial charge in [0, 0.05) is 25.3 Å². The molecule has 6 heteroatoms. The second kappa shape index (κ2) is 7.44. The highest BCUT2D eigenvalue weighted by atomic mass is 16.3. The van der Waals surface area contributed by atoms with Crippen LogP contribution in [-0.4, -0.2) is 43.6 Å². The molecule has 0 spiro atoms. The third kappa shape index (κ3) is 3.69. The van der Waals surface area contributed by atoms with Gasteiger partial charge in [-0.2, -0.15) is 0 Å². The zero-order chi connectivity index (χ0) is 17.8. The van der Waals surface area contributed by atoms with Crippen LogP contribution in [0.1, 0.15) is 35.8 Å². The van der Waals surface area contributed by atoms with E-state index in [-0.39, 0.29) is 25.1 Å². The summed E-state index contributed by atoms with van der Waals surface area (Å²) in [6, 6.07) is 11.7. The van der Waals surface area contributed by atoms with Crippen molar-refractivity contribution in [3.63, 3.8) is 0 Å². The maximum atomic E-state index is 12.9. The van der Waals surface area contributed by atoms with Crippen molar-refractivity contribution in [2.45, 2.75) is 26.4 Å². The minimum Gasteiger partial charge on any atom is -0.395 e. The van der Waals surface area contributed by atoms with Crippen molar-refractivity contribution in [3.8, 4) is 0 Å². The topological polar surface area (TPSA) is 71.2 Å². The van der Waals surface area contributed by atoms with Crippen LogP contribution < -0.4 is 0 Å². The molecule has 0 bridgehead atoms. The number of benzene rings is 1. The van der Waals surface area contributed by atoms with Crippen LogP contribution in [0.25, 0.3) is 11.2 Å². The molecule has 130 valence electrons. The number of pyridine rings is 1. The SMILES string of the molecule is CC(C)n1cnc2cc(C(=O)N(CCO)Cc3ccccc3)cnc21. The number of aromatic nitrogens is 3. The van der Waals surface area contributed by atoms with Crippen molar-refractivity contribution in [2.24, 2.45) is 0 Å². The van der Waals surface area contributed by atoms with Crippen molar-refractivity contribution in [1.82, 2.24) is 19.4 Å². The van der Waals surface area contributed by atoms with Crippen LogP contribution >= 0.6 is 0 Å². The number of hydrogen-bond acceptors (Lipinski definition) is 4. The molecule has 0 unspecified atom stereocenters. The number of fused-ring (bicyclic) bond motifs is 1. The molecule has 0 atom stereocenters. The number of nitrogens with zero attached hydrogens (tertiary/aromatic N) is 4. The highest BCUT2D eigenvalue weighted by Gasteiger charge is 2.18. The number of hydrogen-bond donors (Lipinski definition) is 1. The fraction of sp³-hybridized carbons (Fsp3) is 0.316. The maximum absolute atomic E-state index is 12.9. The normalized spacial score (nSPS) is 11.2. The Bertz CT molecular complexity index is 858. The van der Waals surface area contributed by atoms with E-state index in [1.54, 1.807) is 23.5 Å². The van der Waals surface area contributed by atoms with Gasteiger partial charge < -0.3 is 14.6 Å². The number of carbonyl (C=O) groups is 1. The van der Waals surface area contributed by atoms with Crippen LogP contribution in [-0.2, 0) is 6.54 Å². The van der Waals surface area contributed by atoms with E-state index in [4.69, 9.17) is 0 Å². The minimum atomic E-state index is -0.161. The zero-order valence-electron chi connectivity index (χ0n) is 14.5. The Morgan fingerprint density at radius 1 is 1.24 bits per heavy atom. The first-order chi connectivity index (χ1) is 12.1. The molecule has 2 aromatic heterocycles. The molecule has 6 nitrogen and oxygen atoms in total. The molecule has 0 aliphatic heterocycles. The molecule has 1 amide bonds. The molecular formula is C19H22N4O2. The van der Waals surface area contributed by atoms with Crippen LogP contribution in [0.15, 0.2) is 48.9 Å². The fourth-order valence-corrected chi connectivity index (χ4v) is 2.77. The van der Waals surface area contributed by atoms with Crippen molar-refractivity contribution >= 4 is 17.1 Å². The second-order valence-corrected chi connectivity index (χ2v) is 6.25. The summed E-state index contributed by atoms with van der Waals surface area (Å²) in [6.07, 6.45) is 3.33.